The van der Waals surface area contributed by atoms with Crippen LogP contribution in [-0.2, 0) is 19.2 Å². The molecule has 0 aliphatic heterocycles. The first-order chi connectivity index (χ1) is 12.9. The van der Waals surface area contributed by atoms with E-state index < -0.39 is 60.6 Å². The Morgan fingerprint density at radius 1 is 0.929 bits per heavy atom. The number of hydrogen-bond acceptors (Lipinski definition) is 8. The molecule has 0 bridgehead atoms. The molecule has 3 amide bonds. The highest BCUT2D eigenvalue weighted by Crippen LogP contribution is 2.06. The van der Waals surface area contributed by atoms with Crippen LogP contribution < -0.4 is 21.7 Å². The van der Waals surface area contributed by atoms with Crippen molar-refractivity contribution in [2.45, 2.75) is 57.5 Å². The van der Waals surface area contributed by atoms with E-state index in [2.05, 4.69) is 28.6 Å². The molecule has 162 valence electrons. The lowest BCUT2D eigenvalue weighted by atomic mass is 10.0. The zero-order chi connectivity index (χ0) is 22.0. The fraction of sp³-hybridized carbons (Fsp3) is 0.750. The molecule has 0 radical (unpaired) electrons. The Bertz CT molecular complexity index is 559. The van der Waals surface area contributed by atoms with Crippen LogP contribution in [0.5, 0.6) is 0 Å². The molecule has 5 unspecified atom stereocenters. The molecule has 0 saturated carbocycles. The molecule has 0 aromatic heterocycles. The Hall–Kier alpha value is -1.89. The highest BCUT2D eigenvalue weighted by Gasteiger charge is 2.30. The van der Waals surface area contributed by atoms with E-state index in [0.717, 1.165) is 0 Å². The Morgan fingerprint density at radius 3 is 1.79 bits per heavy atom. The summed E-state index contributed by atoms with van der Waals surface area (Å²) in [6, 6.07) is -5.03. The van der Waals surface area contributed by atoms with Crippen LogP contribution in [0.3, 0.4) is 0 Å². The quantitative estimate of drug-likeness (QED) is 0.155. The molecule has 0 heterocycles. The number of hydrogen-bond donors (Lipinski definition) is 8. The van der Waals surface area contributed by atoms with Crippen molar-refractivity contribution in [3.63, 3.8) is 0 Å². The third-order valence-corrected chi connectivity index (χ3v) is 4.14. The van der Waals surface area contributed by atoms with Crippen molar-refractivity contribution in [2.75, 3.05) is 12.4 Å². The van der Waals surface area contributed by atoms with E-state index in [1.807, 2.05) is 0 Å². The zero-order valence-corrected chi connectivity index (χ0v) is 17.0. The van der Waals surface area contributed by atoms with Gasteiger partial charge in [0, 0.05) is 5.75 Å². The van der Waals surface area contributed by atoms with Crippen molar-refractivity contribution in [2.24, 2.45) is 11.7 Å². The minimum absolute atomic E-state index is 0.0267. The number of aliphatic hydroxyl groups is 2. The topological polar surface area (TPSA) is 191 Å². The van der Waals surface area contributed by atoms with Gasteiger partial charge in [0.05, 0.1) is 12.7 Å². The van der Waals surface area contributed by atoms with Crippen molar-refractivity contribution >= 4 is 36.3 Å². The third kappa shape index (κ3) is 8.87. The summed E-state index contributed by atoms with van der Waals surface area (Å²) in [4.78, 5) is 47.7. The van der Waals surface area contributed by atoms with E-state index in [0.29, 0.717) is 0 Å². The average Bonchev–Trinajstić information content (AvgIpc) is 2.61. The molecular weight excluding hydrogens is 392 g/mol. The Kier molecular flexibility index (Phi) is 11.7. The summed E-state index contributed by atoms with van der Waals surface area (Å²) in [5, 5.41) is 34.6. The van der Waals surface area contributed by atoms with Gasteiger partial charge in [-0.25, -0.2) is 4.79 Å². The first kappa shape index (κ1) is 26.1. The summed E-state index contributed by atoms with van der Waals surface area (Å²) >= 11 is 3.86. The van der Waals surface area contributed by atoms with Gasteiger partial charge in [-0.2, -0.15) is 12.6 Å². The van der Waals surface area contributed by atoms with E-state index in [1.165, 1.54) is 6.92 Å². The molecule has 28 heavy (non-hydrogen) atoms. The highest BCUT2D eigenvalue weighted by molar-refractivity contribution is 7.80. The summed E-state index contributed by atoms with van der Waals surface area (Å²) in [7, 11) is 0. The summed E-state index contributed by atoms with van der Waals surface area (Å²) in [6.45, 7) is 4.12. The van der Waals surface area contributed by atoms with Gasteiger partial charge in [0.1, 0.15) is 24.2 Å². The lowest BCUT2D eigenvalue weighted by Gasteiger charge is -2.25. The van der Waals surface area contributed by atoms with Crippen LogP contribution >= 0.6 is 12.6 Å². The number of aliphatic hydroxyl groups excluding tert-OH is 2. The van der Waals surface area contributed by atoms with Gasteiger partial charge >= 0.3 is 5.97 Å². The number of thiol groups is 1. The summed E-state index contributed by atoms with van der Waals surface area (Å²) in [5.74, 6) is -3.88. The summed E-state index contributed by atoms with van der Waals surface area (Å²) in [6.07, 6.45) is -0.980. The Morgan fingerprint density at radius 2 is 1.39 bits per heavy atom. The number of carboxylic acid groups (broad SMARTS) is 1. The van der Waals surface area contributed by atoms with Gasteiger partial charge in [0.15, 0.2) is 0 Å². The van der Waals surface area contributed by atoms with Gasteiger partial charge in [0.25, 0.3) is 0 Å². The number of nitrogens with two attached hydrogens (primary N) is 1. The molecule has 5 atom stereocenters. The number of carboxylic acids is 1. The van der Waals surface area contributed by atoms with Crippen LogP contribution in [0.4, 0.5) is 0 Å². The van der Waals surface area contributed by atoms with Gasteiger partial charge in [-0.3, -0.25) is 14.4 Å². The van der Waals surface area contributed by atoms with Gasteiger partial charge in [-0.05, 0) is 19.3 Å². The number of carbonyl (C=O) groups is 4. The Labute approximate surface area is 168 Å². The monoisotopic (exact) mass is 422 g/mol. The second kappa shape index (κ2) is 12.5. The Balaban J connectivity index is 5.18. The maximum Gasteiger partial charge on any atom is 0.327 e. The fourth-order valence-corrected chi connectivity index (χ4v) is 2.36. The van der Waals surface area contributed by atoms with Gasteiger partial charge in [-0.1, -0.05) is 13.8 Å². The SMILES string of the molecule is CC(C)CC(NC(=O)C(CO)NC(=O)C(N)C(C)O)C(=O)NC(CS)C(=O)O. The molecule has 0 fully saturated rings. The predicted octanol–water partition coefficient (Wildman–Crippen LogP) is -2.80. The average molecular weight is 423 g/mol. The third-order valence-electron chi connectivity index (χ3n) is 3.78. The van der Waals surface area contributed by atoms with Gasteiger partial charge in [-0.15, -0.1) is 0 Å². The van der Waals surface area contributed by atoms with Crippen molar-refractivity contribution in [1.82, 2.24) is 16.0 Å². The maximum absolute atomic E-state index is 12.4. The number of carbonyl (C=O) groups excluding carboxylic acids is 3. The number of nitrogens with one attached hydrogen (secondary N) is 3. The van der Waals surface area contributed by atoms with Gasteiger partial charge < -0.3 is 37.0 Å². The summed E-state index contributed by atoms with van der Waals surface area (Å²) < 4.78 is 0. The predicted molar refractivity (Wildman–Crippen MR) is 103 cm³/mol. The van der Waals surface area contributed by atoms with Crippen molar-refractivity contribution in [3.8, 4) is 0 Å². The van der Waals surface area contributed by atoms with E-state index in [4.69, 9.17) is 10.8 Å². The molecule has 8 N–H and O–H groups in total. The van der Waals surface area contributed by atoms with Crippen molar-refractivity contribution in [1.29, 1.82) is 0 Å². The van der Waals surface area contributed by atoms with E-state index in [-0.39, 0.29) is 18.1 Å². The normalized spacial score (nSPS) is 16.4. The van der Waals surface area contributed by atoms with Crippen LogP contribution in [0, 0.1) is 5.92 Å². The largest absolute Gasteiger partial charge is 0.480 e. The number of amides is 3. The zero-order valence-electron chi connectivity index (χ0n) is 16.1. The van der Waals surface area contributed by atoms with Crippen LogP contribution in [0.1, 0.15) is 27.2 Å². The molecule has 0 aromatic carbocycles. The molecule has 12 heteroatoms. The minimum atomic E-state index is -1.40. The van der Waals surface area contributed by atoms with Crippen molar-refractivity contribution < 1.29 is 34.5 Å². The van der Waals surface area contributed by atoms with Crippen LogP contribution in [0.2, 0.25) is 0 Å². The second-order valence-electron chi connectivity index (χ2n) is 6.78. The van der Waals surface area contributed by atoms with Crippen molar-refractivity contribution in [3.05, 3.63) is 0 Å². The molecule has 0 spiro atoms. The molecule has 0 aliphatic rings. The van der Waals surface area contributed by atoms with E-state index in [9.17, 15) is 29.4 Å². The first-order valence-electron chi connectivity index (χ1n) is 8.73. The molecular formula is C16H30N4O7S. The van der Waals surface area contributed by atoms with E-state index in [1.54, 1.807) is 13.8 Å². The van der Waals surface area contributed by atoms with Crippen LogP contribution in [-0.4, -0.2) is 81.6 Å². The lowest BCUT2D eigenvalue weighted by Crippen LogP contribution is -2.59. The molecule has 0 rings (SSSR count). The highest BCUT2D eigenvalue weighted by atomic mass is 32.1. The van der Waals surface area contributed by atoms with E-state index >= 15 is 0 Å². The maximum atomic E-state index is 12.4. The number of rotatable bonds is 12. The number of aliphatic carboxylic acids is 1. The lowest BCUT2D eigenvalue weighted by molar-refractivity contribution is -0.141. The molecule has 0 saturated heterocycles. The minimum Gasteiger partial charge on any atom is -0.480 e. The molecule has 11 nitrogen and oxygen atoms in total. The smallest absolute Gasteiger partial charge is 0.327 e. The van der Waals surface area contributed by atoms with Crippen LogP contribution in [0.15, 0.2) is 0 Å². The van der Waals surface area contributed by atoms with Crippen LogP contribution in [0.25, 0.3) is 0 Å². The standard InChI is InChI=1S/C16H30N4O7S/c1-7(2)4-9(13(23)20-11(6-28)16(26)27)18-14(24)10(5-21)19-15(25)12(17)8(3)22/h7-12,21-22,28H,4-6,17H2,1-3H3,(H,18,24)(H,19,25)(H,20,23)(H,26,27). The molecule has 0 aliphatic carbocycles. The first-order valence-corrected chi connectivity index (χ1v) is 9.37. The summed E-state index contributed by atoms with van der Waals surface area (Å²) in [5.41, 5.74) is 5.47. The fourth-order valence-electron chi connectivity index (χ4n) is 2.11. The second-order valence-corrected chi connectivity index (χ2v) is 7.15. The van der Waals surface area contributed by atoms with Gasteiger partial charge in [0.2, 0.25) is 17.7 Å². The molecule has 0 aromatic rings.